The molecule has 0 spiro atoms. The molecule has 0 bridgehead atoms. The number of carbonyl (C=O) groups excluding carboxylic acids is 2. The van der Waals surface area contributed by atoms with Gasteiger partial charge < -0.3 is 9.64 Å². The third kappa shape index (κ3) is 3.81. The van der Waals surface area contributed by atoms with Crippen molar-refractivity contribution in [1.82, 2.24) is 0 Å². The Balaban J connectivity index is 1.78. The zero-order valence-corrected chi connectivity index (χ0v) is 16.4. The molecule has 0 aliphatic carbocycles. The number of fused-ring (bicyclic) bond motifs is 1. The number of para-hydroxylation sites is 1. The van der Waals surface area contributed by atoms with Crippen LogP contribution in [0.1, 0.15) is 10.4 Å². The van der Waals surface area contributed by atoms with Crippen LogP contribution in [0.25, 0.3) is 0 Å². The highest BCUT2D eigenvalue weighted by Crippen LogP contribution is 2.46. The maximum absolute atomic E-state index is 12.5. The summed E-state index contributed by atoms with van der Waals surface area (Å²) in [4.78, 5) is 27.4. The van der Waals surface area contributed by atoms with Crippen molar-refractivity contribution < 1.29 is 14.3 Å². The Morgan fingerprint density at radius 3 is 2.44 bits per heavy atom. The predicted octanol–water partition coefficient (Wildman–Crippen LogP) is 4.70. The van der Waals surface area contributed by atoms with Crippen molar-refractivity contribution in [2.24, 2.45) is 0 Å². The molecule has 0 N–H and O–H groups in total. The van der Waals surface area contributed by atoms with E-state index in [4.69, 9.17) is 27.9 Å². The van der Waals surface area contributed by atoms with Crippen LogP contribution in [0.3, 0.4) is 0 Å². The number of ketones is 1. The third-order valence-corrected chi connectivity index (χ3v) is 5.71. The molecule has 0 saturated carbocycles. The van der Waals surface area contributed by atoms with Gasteiger partial charge in [-0.2, -0.15) is 5.26 Å². The second-order valence-corrected chi connectivity index (χ2v) is 7.36. The fourth-order valence-corrected chi connectivity index (χ4v) is 4.23. The molecular formula is C19H12Cl2N2O3S. The van der Waals surface area contributed by atoms with Crippen molar-refractivity contribution in [1.29, 1.82) is 5.26 Å². The van der Waals surface area contributed by atoms with E-state index in [0.29, 0.717) is 5.03 Å². The van der Waals surface area contributed by atoms with Crippen LogP contribution in [-0.4, -0.2) is 25.4 Å². The van der Waals surface area contributed by atoms with Crippen molar-refractivity contribution in [3.8, 4) is 6.07 Å². The quantitative estimate of drug-likeness (QED) is 0.407. The number of ether oxygens (including phenoxy) is 1. The summed E-state index contributed by atoms with van der Waals surface area (Å²) in [5, 5.41) is 10.2. The molecule has 0 saturated heterocycles. The molecule has 2 aromatic carbocycles. The maximum Gasteiger partial charge on any atom is 0.341 e. The van der Waals surface area contributed by atoms with Crippen LogP contribution in [0, 0.1) is 11.3 Å². The molecule has 0 fully saturated rings. The van der Waals surface area contributed by atoms with Gasteiger partial charge in [0.2, 0.25) is 5.78 Å². The largest absolute Gasteiger partial charge is 0.454 e. The van der Waals surface area contributed by atoms with E-state index in [0.717, 1.165) is 10.6 Å². The lowest BCUT2D eigenvalue weighted by Gasteiger charge is -2.14. The molecule has 0 amide bonds. The molecule has 5 nitrogen and oxygen atoms in total. The number of nitrogens with zero attached hydrogens (tertiary/aromatic N) is 2. The lowest BCUT2D eigenvalue weighted by molar-refractivity contribution is -0.118. The van der Waals surface area contributed by atoms with E-state index >= 15 is 0 Å². The number of esters is 1. The van der Waals surface area contributed by atoms with Gasteiger partial charge in [-0.05, 0) is 24.3 Å². The van der Waals surface area contributed by atoms with Crippen molar-refractivity contribution in [2.75, 3.05) is 18.6 Å². The third-order valence-electron chi connectivity index (χ3n) is 3.84. The first-order valence-electron chi connectivity index (χ1n) is 7.73. The minimum Gasteiger partial charge on any atom is -0.454 e. The smallest absolute Gasteiger partial charge is 0.341 e. The first-order valence-corrected chi connectivity index (χ1v) is 9.30. The maximum atomic E-state index is 12.5. The number of carbonyl (C=O) groups is 2. The monoisotopic (exact) mass is 418 g/mol. The summed E-state index contributed by atoms with van der Waals surface area (Å²) in [6.45, 7) is -0.586. The highest BCUT2D eigenvalue weighted by molar-refractivity contribution is 8.03. The average molecular weight is 419 g/mol. The fourth-order valence-electron chi connectivity index (χ4n) is 2.52. The second-order valence-electron chi connectivity index (χ2n) is 5.52. The van der Waals surface area contributed by atoms with Crippen molar-refractivity contribution in [2.45, 2.75) is 4.90 Å². The van der Waals surface area contributed by atoms with Crippen LogP contribution in [0.2, 0.25) is 10.0 Å². The normalized spacial score (nSPS) is 14.4. The number of Topliss-reactive ketones (excluding diaryl/α,β-unsaturated/α-hetero) is 1. The first-order chi connectivity index (χ1) is 12.9. The lowest BCUT2D eigenvalue weighted by Crippen LogP contribution is -2.20. The summed E-state index contributed by atoms with van der Waals surface area (Å²) in [6.07, 6.45) is 0. The molecule has 27 heavy (non-hydrogen) atoms. The van der Waals surface area contributed by atoms with E-state index in [2.05, 4.69) is 0 Å². The van der Waals surface area contributed by atoms with E-state index in [1.807, 2.05) is 30.3 Å². The van der Waals surface area contributed by atoms with Gasteiger partial charge in [0, 0.05) is 11.9 Å². The summed E-state index contributed by atoms with van der Waals surface area (Å²) in [6, 6.07) is 14.1. The molecule has 1 aliphatic heterocycles. The highest BCUT2D eigenvalue weighted by atomic mass is 35.5. The number of rotatable bonds is 4. The van der Waals surface area contributed by atoms with Gasteiger partial charge in [-0.15, -0.1) is 0 Å². The van der Waals surface area contributed by atoms with Crippen LogP contribution >= 0.6 is 35.0 Å². The standard InChI is InChI=1S/C19H12Cl2N2O3S/c1-23-14-7-2-3-8-16(14)27-18(23)11(9-22)15(24)10-26-19(25)17-12(20)5-4-6-13(17)21/h2-8H,10H2,1H3/b18-11-. The van der Waals surface area contributed by atoms with Gasteiger partial charge in [-0.25, -0.2) is 4.79 Å². The fraction of sp³-hybridized carbons (Fsp3) is 0.105. The summed E-state index contributed by atoms with van der Waals surface area (Å²) in [5.41, 5.74) is 0.814. The van der Waals surface area contributed by atoms with Crippen LogP contribution in [0.15, 0.2) is 58.0 Å². The minimum absolute atomic E-state index is 0.0143. The summed E-state index contributed by atoms with van der Waals surface area (Å²) >= 11 is 13.2. The van der Waals surface area contributed by atoms with Gasteiger partial charge in [0.25, 0.3) is 0 Å². The predicted molar refractivity (Wildman–Crippen MR) is 105 cm³/mol. The van der Waals surface area contributed by atoms with E-state index in [1.165, 1.54) is 23.9 Å². The van der Waals surface area contributed by atoms with E-state index < -0.39 is 18.4 Å². The SMILES string of the molecule is CN1/C(=C(\C#N)C(=O)COC(=O)c2c(Cl)cccc2Cl)Sc2ccccc21. The second kappa shape index (κ2) is 8.05. The number of hydrogen-bond donors (Lipinski definition) is 0. The van der Waals surface area contributed by atoms with Gasteiger partial charge >= 0.3 is 5.97 Å². The van der Waals surface area contributed by atoms with Crippen molar-refractivity contribution >= 4 is 52.4 Å². The zero-order valence-electron chi connectivity index (χ0n) is 14.0. The number of benzene rings is 2. The lowest BCUT2D eigenvalue weighted by atomic mass is 10.2. The van der Waals surface area contributed by atoms with Crippen molar-refractivity contribution in [3.63, 3.8) is 0 Å². The van der Waals surface area contributed by atoms with E-state index in [9.17, 15) is 14.9 Å². The Hall–Kier alpha value is -2.46. The zero-order chi connectivity index (χ0) is 19.6. The molecule has 8 heteroatoms. The molecule has 2 aromatic rings. The van der Waals surface area contributed by atoms with Crippen LogP contribution in [-0.2, 0) is 9.53 Å². The van der Waals surface area contributed by atoms with Crippen LogP contribution in [0.5, 0.6) is 0 Å². The minimum atomic E-state index is -0.822. The molecule has 0 aromatic heterocycles. The number of thioether (sulfide) groups is 1. The Kier molecular flexibility index (Phi) is 5.76. The summed E-state index contributed by atoms with van der Waals surface area (Å²) in [7, 11) is 1.77. The molecule has 136 valence electrons. The van der Waals surface area contributed by atoms with E-state index in [1.54, 1.807) is 18.0 Å². The Morgan fingerprint density at radius 2 is 1.81 bits per heavy atom. The number of nitriles is 1. The number of halogens is 2. The first kappa shape index (κ1) is 19.3. The Labute approximate surface area is 170 Å². The van der Waals surface area contributed by atoms with Gasteiger partial charge in [0.05, 0.1) is 21.3 Å². The summed E-state index contributed by atoms with van der Waals surface area (Å²) in [5.74, 6) is -1.42. The van der Waals surface area contributed by atoms with Gasteiger partial charge in [0.15, 0.2) is 6.61 Å². The molecule has 0 atom stereocenters. The van der Waals surface area contributed by atoms with Crippen LogP contribution < -0.4 is 4.90 Å². The Morgan fingerprint density at radius 1 is 1.15 bits per heavy atom. The van der Waals surface area contributed by atoms with Gasteiger partial charge in [-0.1, -0.05) is 53.2 Å². The molecule has 0 radical (unpaired) electrons. The highest BCUT2D eigenvalue weighted by Gasteiger charge is 2.28. The molecule has 0 unspecified atom stereocenters. The average Bonchev–Trinajstić information content (AvgIpc) is 2.97. The molecular weight excluding hydrogens is 407 g/mol. The van der Waals surface area contributed by atoms with E-state index in [-0.39, 0.29) is 21.2 Å². The Bertz CT molecular complexity index is 994. The molecule has 1 heterocycles. The topological polar surface area (TPSA) is 70.4 Å². The number of anilines is 1. The van der Waals surface area contributed by atoms with Gasteiger partial charge in [0.1, 0.15) is 16.7 Å². The number of hydrogen-bond acceptors (Lipinski definition) is 6. The summed E-state index contributed by atoms with van der Waals surface area (Å²) < 4.78 is 5.04. The van der Waals surface area contributed by atoms with Gasteiger partial charge in [-0.3, -0.25) is 4.79 Å². The van der Waals surface area contributed by atoms with Crippen LogP contribution in [0.4, 0.5) is 5.69 Å². The molecule has 1 aliphatic rings. The molecule has 3 rings (SSSR count). The van der Waals surface area contributed by atoms with Crippen molar-refractivity contribution in [3.05, 3.63) is 68.7 Å².